The summed E-state index contributed by atoms with van der Waals surface area (Å²) in [6, 6.07) is 5.34. The lowest BCUT2D eigenvalue weighted by atomic mass is 10.0. The van der Waals surface area contributed by atoms with Crippen LogP contribution in [0.4, 0.5) is 0 Å². The van der Waals surface area contributed by atoms with Gasteiger partial charge in [0, 0.05) is 23.7 Å². The van der Waals surface area contributed by atoms with Gasteiger partial charge >= 0.3 is 0 Å². The molecular formula is C14H20ClNO. The highest BCUT2D eigenvalue weighted by molar-refractivity contribution is 6.31. The molecule has 0 amide bonds. The number of hydrogen-bond acceptors (Lipinski definition) is 2. The summed E-state index contributed by atoms with van der Waals surface area (Å²) in [4.78, 5) is 2.39. The van der Waals surface area contributed by atoms with Crippen LogP contribution in [-0.4, -0.2) is 23.1 Å². The minimum atomic E-state index is 0.316. The van der Waals surface area contributed by atoms with Gasteiger partial charge in [0.05, 0.1) is 0 Å². The van der Waals surface area contributed by atoms with E-state index in [1.165, 1.54) is 19.3 Å². The Balaban J connectivity index is 1.98. The first kappa shape index (κ1) is 12.7. The first-order chi connectivity index (χ1) is 8.20. The van der Waals surface area contributed by atoms with Gasteiger partial charge in [0.15, 0.2) is 0 Å². The lowest BCUT2D eigenvalue weighted by molar-refractivity contribution is 0.307. The molecule has 1 aromatic carbocycles. The fraction of sp³-hybridized carbons (Fsp3) is 0.571. The standard InChI is InChI=1S/C14H20ClNO/c1-2-4-11-7-8-16(9-11)10-12-13(15)5-3-6-14(12)17/h3,5-6,11,17H,2,4,7-10H2,1H3. The molecule has 2 nitrogen and oxygen atoms in total. The minimum Gasteiger partial charge on any atom is -0.508 e. The summed E-state index contributed by atoms with van der Waals surface area (Å²) in [5, 5.41) is 10.5. The summed E-state index contributed by atoms with van der Waals surface area (Å²) in [7, 11) is 0. The van der Waals surface area contributed by atoms with Crippen molar-refractivity contribution in [3.63, 3.8) is 0 Å². The van der Waals surface area contributed by atoms with Crippen molar-refractivity contribution in [1.29, 1.82) is 0 Å². The number of phenolic OH excluding ortho intramolecular Hbond substituents is 1. The molecule has 17 heavy (non-hydrogen) atoms. The molecule has 3 heteroatoms. The van der Waals surface area contributed by atoms with Gasteiger partial charge in [-0.2, -0.15) is 0 Å². The molecule has 0 saturated carbocycles. The highest BCUT2D eigenvalue weighted by Gasteiger charge is 2.22. The number of hydrogen-bond donors (Lipinski definition) is 1. The molecule has 0 aliphatic carbocycles. The van der Waals surface area contributed by atoms with E-state index in [-0.39, 0.29) is 0 Å². The number of phenols is 1. The molecule has 1 atom stereocenters. The minimum absolute atomic E-state index is 0.316. The van der Waals surface area contributed by atoms with Gasteiger partial charge in [-0.1, -0.05) is 31.0 Å². The number of halogens is 1. The van der Waals surface area contributed by atoms with E-state index in [9.17, 15) is 5.11 Å². The molecule has 0 radical (unpaired) electrons. The van der Waals surface area contributed by atoms with E-state index in [2.05, 4.69) is 11.8 Å². The van der Waals surface area contributed by atoms with Gasteiger partial charge in [-0.3, -0.25) is 4.90 Å². The third kappa shape index (κ3) is 3.14. The van der Waals surface area contributed by atoms with E-state index >= 15 is 0 Å². The molecule has 0 spiro atoms. The van der Waals surface area contributed by atoms with Gasteiger partial charge in [0.25, 0.3) is 0 Å². The van der Waals surface area contributed by atoms with Crippen molar-refractivity contribution in [2.24, 2.45) is 5.92 Å². The van der Waals surface area contributed by atoms with Crippen LogP contribution in [0.25, 0.3) is 0 Å². The zero-order valence-corrected chi connectivity index (χ0v) is 11.1. The number of benzene rings is 1. The highest BCUT2D eigenvalue weighted by Crippen LogP contribution is 2.29. The van der Waals surface area contributed by atoms with Crippen molar-refractivity contribution in [2.75, 3.05) is 13.1 Å². The van der Waals surface area contributed by atoms with E-state index in [0.717, 1.165) is 31.1 Å². The van der Waals surface area contributed by atoms with Crippen LogP contribution >= 0.6 is 11.6 Å². The summed E-state index contributed by atoms with van der Waals surface area (Å²) >= 11 is 6.12. The Labute approximate surface area is 108 Å². The Hall–Kier alpha value is -0.730. The number of aromatic hydroxyl groups is 1. The second-order valence-electron chi connectivity index (χ2n) is 4.92. The molecule has 1 saturated heterocycles. The average molecular weight is 254 g/mol. The summed E-state index contributed by atoms with van der Waals surface area (Å²) in [5.41, 5.74) is 0.867. The largest absolute Gasteiger partial charge is 0.508 e. The molecular weight excluding hydrogens is 234 g/mol. The van der Waals surface area contributed by atoms with E-state index in [1.807, 2.05) is 6.07 Å². The maximum atomic E-state index is 9.81. The van der Waals surface area contributed by atoms with E-state index < -0.39 is 0 Å². The maximum absolute atomic E-state index is 9.81. The number of likely N-dealkylation sites (tertiary alicyclic amines) is 1. The first-order valence-electron chi connectivity index (χ1n) is 6.39. The van der Waals surface area contributed by atoms with Crippen LogP contribution in [0.3, 0.4) is 0 Å². The van der Waals surface area contributed by atoms with Crippen molar-refractivity contribution in [3.05, 3.63) is 28.8 Å². The van der Waals surface area contributed by atoms with Crippen molar-refractivity contribution in [1.82, 2.24) is 4.90 Å². The summed E-state index contributed by atoms with van der Waals surface area (Å²) in [5.74, 6) is 1.14. The summed E-state index contributed by atoms with van der Waals surface area (Å²) < 4.78 is 0. The maximum Gasteiger partial charge on any atom is 0.121 e. The van der Waals surface area contributed by atoms with Crippen LogP contribution in [-0.2, 0) is 6.54 Å². The summed E-state index contributed by atoms with van der Waals surface area (Å²) in [6.07, 6.45) is 3.85. The SMILES string of the molecule is CCCC1CCN(Cc2c(O)cccc2Cl)C1. The second kappa shape index (κ2) is 5.74. The Kier molecular flexibility index (Phi) is 4.30. The molecule has 1 heterocycles. The normalized spacial score (nSPS) is 20.9. The van der Waals surface area contributed by atoms with Crippen LogP contribution in [0.1, 0.15) is 31.7 Å². The van der Waals surface area contributed by atoms with Crippen LogP contribution in [0.5, 0.6) is 5.75 Å². The molecule has 0 aromatic heterocycles. The third-order valence-electron chi connectivity index (χ3n) is 3.54. The molecule has 2 rings (SSSR count). The average Bonchev–Trinajstić information content (AvgIpc) is 2.72. The van der Waals surface area contributed by atoms with Gasteiger partial charge in [-0.05, 0) is 37.4 Å². The first-order valence-corrected chi connectivity index (χ1v) is 6.77. The smallest absolute Gasteiger partial charge is 0.121 e. The molecule has 1 aromatic rings. The van der Waals surface area contributed by atoms with Gasteiger partial charge in [0.1, 0.15) is 5.75 Å². The number of rotatable bonds is 4. The van der Waals surface area contributed by atoms with E-state index in [1.54, 1.807) is 12.1 Å². The van der Waals surface area contributed by atoms with Crippen LogP contribution in [0.15, 0.2) is 18.2 Å². The van der Waals surface area contributed by atoms with Crippen molar-refractivity contribution in [3.8, 4) is 5.75 Å². The van der Waals surface area contributed by atoms with Gasteiger partial charge in [-0.15, -0.1) is 0 Å². The molecule has 1 unspecified atom stereocenters. The second-order valence-corrected chi connectivity index (χ2v) is 5.32. The van der Waals surface area contributed by atoms with Crippen LogP contribution in [0, 0.1) is 5.92 Å². The number of nitrogens with zero attached hydrogens (tertiary/aromatic N) is 1. The third-order valence-corrected chi connectivity index (χ3v) is 3.90. The predicted octanol–water partition coefficient (Wildman–Crippen LogP) is 3.67. The van der Waals surface area contributed by atoms with E-state index in [4.69, 9.17) is 11.6 Å². The lowest BCUT2D eigenvalue weighted by Gasteiger charge is -2.17. The lowest BCUT2D eigenvalue weighted by Crippen LogP contribution is -2.20. The molecule has 1 fully saturated rings. The van der Waals surface area contributed by atoms with Gasteiger partial charge in [0.2, 0.25) is 0 Å². The molecule has 94 valence electrons. The molecule has 1 N–H and O–H groups in total. The fourth-order valence-electron chi connectivity index (χ4n) is 2.63. The Morgan fingerprint density at radius 3 is 3.00 bits per heavy atom. The Morgan fingerprint density at radius 1 is 1.47 bits per heavy atom. The van der Waals surface area contributed by atoms with Crippen molar-refractivity contribution >= 4 is 11.6 Å². The van der Waals surface area contributed by atoms with Gasteiger partial charge < -0.3 is 5.11 Å². The molecule has 1 aliphatic rings. The van der Waals surface area contributed by atoms with Crippen LogP contribution in [0.2, 0.25) is 5.02 Å². The quantitative estimate of drug-likeness (QED) is 0.885. The molecule has 0 bridgehead atoms. The van der Waals surface area contributed by atoms with Crippen molar-refractivity contribution < 1.29 is 5.11 Å². The monoisotopic (exact) mass is 253 g/mol. The zero-order valence-electron chi connectivity index (χ0n) is 10.3. The topological polar surface area (TPSA) is 23.5 Å². The summed E-state index contributed by atoms with van der Waals surface area (Å²) in [6.45, 7) is 5.27. The fourth-order valence-corrected chi connectivity index (χ4v) is 2.86. The Bertz CT molecular complexity index is 360. The van der Waals surface area contributed by atoms with E-state index in [0.29, 0.717) is 10.8 Å². The Morgan fingerprint density at radius 2 is 2.29 bits per heavy atom. The van der Waals surface area contributed by atoms with Gasteiger partial charge in [-0.25, -0.2) is 0 Å². The van der Waals surface area contributed by atoms with Crippen molar-refractivity contribution in [2.45, 2.75) is 32.7 Å². The highest BCUT2D eigenvalue weighted by atomic mass is 35.5. The predicted molar refractivity (Wildman–Crippen MR) is 71.4 cm³/mol. The van der Waals surface area contributed by atoms with Crippen LogP contribution < -0.4 is 0 Å². The molecule has 1 aliphatic heterocycles. The zero-order chi connectivity index (χ0) is 12.3.